The number of nitrogens with one attached hydrogen (secondary N) is 2. The summed E-state index contributed by atoms with van der Waals surface area (Å²) in [6.45, 7) is 0. The second-order valence-corrected chi connectivity index (χ2v) is 4.97. The molecule has 6 nitrogen and oxygen atoms in total. The van der Waals surface area contributed by atoms with Crippen molar-refractivity contribution >= 4 is 17.9 Å². The number of aromatic amines is 1. The van der Waals surface area contributed by atoms with Crippen LogP contribution in [0.5, 0.6) is 5.75 Å². The van der Waals surface area contributed by atoms with Gasteiger partial charge >= 0.3 is 0 Å². The smallest absolute Gasteiger partial charge is 0.250 e. The van der Waals surface area contributed by atoms with Crippen LogP contribution in [-0.4, -0.2) is 28.2 Å². The predicted molar refractivity (Wildman–Crippen MR) is 92.5 cm³/mol. The molecule has 1 heterocycles. The Hall–Kier alpha value is -3.41. The van der Waals surface area contributed by atoms with Crippen LogP contribution in [0.15, 0.2) is 60.7 Å². The van der Waals surface area contributed by atoms with E-state index in [1.54, 1.807) is 13.2 Å². The molecule has 0 bridgehead atoms. The van der Waals surface area contributed by atoms with Crippen molar-refractivity contribution in [2.45, 2.75) is 0 Å². The van der Waals surface area contributed by atoms with Gasteiger partial charge in [-0.05, 0) is 23.8 Å². The molecule has 24 heavy (non-hydrogen) atoms. The summed E-state index contributed by atoms with van der Waals surface area (Å²) in [5, 5.41) is 9.41. The maximum Gasteiger partial charge on any atom is 0.250 e. The number of hydrogen-bond acceptors (Lipinski definition) is 4. The largest absolute Gasteiger partial charge is 0.497 e. The molecule has 120 valence electrons. The van der Waals surface area contributed by atoms with E-state index in [1.165, 1.54) is 6.08 Å². The van der Waals surface area contributed by atoms with Gasteiger partial charge in [0.1, 0.15) is 5.75 Å². The third-order valence-corrected chi connectivity index (χ3v) is 3.31. The van der Waals surface area contributed by atoms with Crippen LogP contribution in [0.1, 0.15) is 5.56 Å². The molecule has 1 aromatic heterocycles. The fourth-order valence-electron chi connectivity index (χ4n) is 2.08. The summed E-state index contributed by atoms with van der Waals surface area (Å²) in [5.74, 6) is 1.30. The minimum Gasteiger partial charge on any atom is -0.497 e. The first-order valence-electron chi connectivity index (χ1n) is 7.35. The van der Waals surface area contributed by atoms with Gasteiger partial charge in [-0.1, -0.05) is 42.5 Å². The fraction of sp³-hybridized carbons (Fsp3) is 0.0556. The molecule has 0 saturated carbocycles. The summed E-state index contributed by atoms with van der Waals surface area (Å²) in [4.78, 5) is 16.2. The molecule has 3 aromatic rings. The summed E-state index contributed by atoms with van der Waals surface area (Å²) in [6.07, 6.45) is 3.14. The summed E-state index contributed by atoms with van der Waals surface area (Å²) in [6, 6.07) is 17.0. The van der Waals surface area contributed by atoms with Crippen molar-refractivity contribution in [3.63, 3.8) is 0 Å². The van der Waals surface area contributed by atoms with Crippen LogP contribution in [0, 0.1) is 0 Å². The number of H-pyrrole nitrogens is 1. The summed E-state index contributed by atoms with van der Waals surface area (Å²) < 4.78 is 5.09. The highest BCUT2D eigenvalue weighted by Crippen LogP contribution is 2.15. The number of aromatic nitrogens is 3. The summed E-state index contributed by atoms with van der Waals surface area (Å²) in [7, 11) is 1.61. The number of amides is 1. The van der Waals surface area contributed by atoms with E-state index >= 15 is 0 Å². The first kappa shape index (κ1) is 15.5. The number of nitrogens with zero attached hydrogens (tertiary/aromatic N) is 2. The number of anilines is 1. The molecule has 0 aliphatic carbocycles. The number of carbonyl (C=O) groups excluding carboxylic acids is 1. The maximum absolute atomic E-state index is 11.9. The number of hydrogen-bond donors (Lipinski definition) is 2. The minimum absolute atomic E-state index is 0.234. The molecule has 6 heteroatoms. The van der Waals surface area contributed by atoms with E-state index in [9.17, 15) is 4.79 Å². The number of benzene rings is 2. The zero-order chi connectivity index (χ0) is 16.8. The monoisotopic (exact) mass is 320 g/mol. The van der Waals surface area contributed by atoms with Crippen molar-refractivity contribution in [3.05, 3.63) is 66.2 Å². The second kappa shape index (κ2) is 7.23. The number of ether oxygens (including phenoxy) is 1. The Morgan fingerprint density at radius 1 is 1.12 bits per heavy atom. The molecule has 0 atom stereocenters. The van der Waals surface area contributed by atoms with Gasteiger partial charge < -0.3 is 4.74 Å². The third kappa shape index (κ3) is 3.86. The van der Waals surface area contributed by atoms with E-state index in [4.69, 9.17) is 4.74 Å². The normalized spacial score (nSPS) is 10.7. The van der Waals surface area contributed by atoms with Crippen molar-refractivity contribution in [2.75, 3.05) is 12.4 Å². The summed E-state index contributed by atoms with van der Waals surface area (Å²) in [5.41, 5.74) is 1.80. The maximum atomic E-state index is 11.9. The van der Waals surface area contributed by atoms with E-state index in [-0.39, 0.29) is 11.9 Å². The third-order valence-electron chi connectivity index (χ3n) is 3.31. The van der Waals surface area contributed by atoms with Gasteiger partial charge in [0.15, 0.2) is 5.82 Å². The highest BCUT2D eigenvalue weighted by atomic mass is 16.5. The lowest BCUT2D eigenvalue weighted by molar-refractivity contribution is -0.111. The van der Waals surface area contributed by atoms with Crippen molar-refractivity contribution in [1.29, 1.82) is 0 Å². The molecule has 3 rings (SSSR count). The Labute approximate surface area is 139 Å². The molecule has 2 N–H and O–H groups in total. The Bertz CT molecular complexity index is 839. The Kier molecular flexibility index (Phi) is 4.67. The van der Waals surface area contributed by atoms with E-state index < -0.39 is 0 Å². The van der Waals surface area contributed by atoms with E-state index in [0.717, 1.165) is 16.9 Å². The quantitative estimate of drug-likeness (QED) is 0.708. The SMILES string of the molecule is COc1ccc(/C=C/C(=O)Nc2n[nH]c(-c3ccccc3)n2)cc1. The molecule has 2 aromatic carbocycles. The highest BCUT2D eigenvalue weighted by molar-refractivity contribution is 6.00. The highest BCUT2D eigenvalue weighted by Gasteiger charge is 2.06. The van der Waals surface area contributed by atoms with Crippen LogP contribution in [0.4, 0.5) is 5.95 Å². The van der Waals surface area contributed by atoms with Crippen LogP contribution < -0.4 is 10.1 Å². The Morgan fingerprint density at radius 3 is 2.58 bits per heavy atom. The molecule has 0 aliphatic heterocycles. The fourth-order valence-corrected chi connectivity index (χ4v) is 2.08. The summed E-state index contributed by atoms with van der Waals surface area (Å²) >= 11 is 0. The van der Waals surface area contributed by atoms with Gasteiger partial charge in [-0.3, -0.25) is 15.2 Å². The molecule has 0 radical (unpaired) electrons. The van der Waals surface area contributed by atoms with E-state index in [2.05, 4.69) is 20.5 Å². The van der Waals surface area contributed by atoms with Gasteiger partial charge in [0.2, 0.25) is 5.95 Å². The van der Waals surface area contributed by atoms with Crippen LogP contribution in [0.3, 0.4) is 0 Å². The van der Waals surface area contributed by atoms with Crippen molar-refractivity contribution in [2.24, 2.45) is 0 Å². The molecule has 0 saturated heterocycles. The number of rotatable bonds is 5. The lowest BCUT2D eigenvalue weighted by atomic mass is 10.2. The molecule has 0 unspecified atom stereocenters. The first-order valence-corrected chi connectivity index (χ1v) is 7.35. The van der Waals surface area contributed by atoms with Crippen LogP contribution >= 0.6 is 0 Å². The van der Waals surface area contributed by atoms with Crippen molar-refractivity contribution in [1.82, 2.24) is 15.2 Å². The first-order chi connectivity index (χ1) is 11.7. The lowest BCUT2D eigenvalue weighted by Crippen LogP contribution is -2.09. The Balaban J connectivity index is 1.62. The molecule has 1 amide bonds. The molecular formula is C18H16N4O2. The van der Waals surface area contributed by atoms with Gasteiger partial charge in [0.25, 0.3) is 5.91 Å². The average Bonchev–Trinajstić information content (AvgIpc) is 3.09. The molecular weight excluding hydrogens is 304 g/mol. The van der Waals surface area contributed by atoms with Gasteiger partial charge in [-0.15, -0.1) is 5.10 Å². The Morgan fingerprint density at radius 2 is 1.88 bits per heavy atom. The zero-order valence-corrected chi connectivity index (χ0v) is 13.1. The molecule has 0 fully saturated rings. The zero-order valence-electron chi connectivity index (χ0n) is 13.1. The average molecular weight is 320 g/mol. The van der Waals surface area contributed by atoms with Crippen LogP contribution in [0.2, 0.25) is 0 Å². The second-order valence-electron chi connectivity index (χ2n) is 4.97. The lowest BCUT2D eigenvalue weighted by Gasteiger charge is -1.99. The standard InChI is InChI=1S/C18H16N4O2/c1-24-15-10-7-13(8-11-15)9-12-16(23)19-18-20-17(21-22-18)14-5-3-2-4-6-14/h2-12H,1H3,(H2,19,20,21,22,23)/b12-9+. The van der Waals surface area contributed by atoms with Crippen molar-refractivity contribution < 1.29 is 9.53 Å². The number of carbonyl (C=O) groups is 1. The molecule has 0 spiro atoms. The van der Waals surface area contributed by atoms with Gasteiger partial charge in [0, 0.05) is 11.6 Å². The minimum atomic E-state index is -0.301. The number of methoxy groups -OCH3 is 1. The van der Waals surface area contributed by atoms with Crippen LogP contribution in [-0.2, 0) is 4.79 Å². The van der Waals surface area contributed by atoms with E-state index in [0.29, 0.717) is 5.82 Å². The molecule has 0 aliphatic rings. The topological polar surface area (TPSA) is 79.9 Å². The van der Waals surface area contributed by atoms with Gasteiger partial charge in [0.05, 0.1) is 7.11 Å². The van der Waals surface area contributed by atoms with Gasteiger partial charge in [-0.2, -0.15) is 4.98 Å². The van der Waals surface area contributed by atoms with Crippen LogP contribution in [0.25, 0.3) is 17.5 Å². The van der Waals surface area contributed by atoms with Crippen molar-refractivity contribution in [3.8, 4) is 17.1 Å². The van der Waals surface area contributed by atoms with E-state index in [1.807, 2.05) is 54.6 Å². The van der Waals surface area contributed by atoms with Gasteiger partial charge in [-0.25, -0.2) is 0 Å². The predicted octanol–water partition coefficient (Wildman–Crippen LogP) is 3.13.